The van der Waals surface area contributed by atoms with Gasteiger partial charge in [-0.25, -0.2) is 0 Å². The number of likely N-dealkylation sites (N-methyl/N-ethyl adjacent to an activating group) is 1. The highest BCUT2D eigenvalue weighted by molar-refractivity contribution is 5.79. The van der Waals surface area contributed by atoms with Gasteiger partial charge in [-0.05, 0) is 57.7 Å². The number of carbonyl (C=O) groups is 3. The van der Waals surface area contributed by atoms with Crippen LogP contribution in [0.3, 0.4) is 0 Å². The number of esters is 1. The summed E-state index contributed by atoms with van der Waals surface area (Å²) in [5, 5.41) is 2.69. The molecule has 3 N–H and O–H groups in total. The van der Waals surface area contributed by atoms with Gasteiger partial charge in [-0.2, -0.15) is 0 Å². The molecule has 0 spiro atoms. The lowest BCUT2D eigenvalue weighted by Gasteiger charge is -2.31. The number of hydrogen-bond donors (Lipinski definition) is 2. The van der Waals surface area contributed by atoms with E-state index >= 15 is 0 Å². The molecular formula is C29H47N3O4. The predicted molar refractivity (Wildman–Crippen MR) is 146 cm³/mol. The number of nitrogens with two attached hydrogens (primary N) is 1. The van der Waals surface area contributed by atoms with Crippen LogP contribution < -0.4 is 16.0 Å². The van der Waals surface area contributed by atoms with Crippen molar-refractivity contribution in [2.24, 2.45) is 17.6 Å². The van der Waals surface area contributed by atoms with Crippen molar-refractivity contribution in [3.8, 4) is 0 Å². The molecular weight excluding hydrogens is 454 g/mol. The molecule has 0 saturated heterocycles. The molecule has 0 heterocycles. The zero-order chi connectivity index (χ0) is 27.7. The van der Waals surface area contributed by atoms with Gasteiger partial charge in [0.1, 0.15) is 12.4 Å². The van der Waals surface area contributed by atoms with Gasteiger partial charge in [-0.3, -0.25) is 9.59 Å². The van der Waals surface area contributed by atoms with Crippen molar-refractivity contribution in [3.63, 3.8) is 0 Å². The van der Waals surface area contributed by atoms with Crippen LogP contribution in [0.1, 0.15) is 78.7 Å². The number of primary amides is 1. The molecule has 0 aliphatic carbocycles. The second kappa shape index (κ2) is 18.4. The fourth-order valence-electron chi connectivity index (χ4n) is 3.41. The minimum Gasteiger partial charge on any atom is -0.462 e. The van der Waals surface area contributed by atoms with E-state index in [0.717, 1.165) is 48.9 Å². The fraction of sp³-hybridized carbons (Fsp3) is 0.621. The fourth-order valence-corrected chi connectivity index (χ4v) is 3.41. The Morgan fingerprint density at radius 1 is 1.25 bits per heavy atom. The molecule has 0 bridgehead atoms. The smallest absolute Gasteiger partial charge is 0.306 e. The molecule has 0 aliphatic rings. The molecule has 36 heavy (non-hydrogen) atoms. The first-order valence-electron chi connectivity index (χ1n) is 12.9. The number of aldehydes is 1. The lowest BCUT2D eigenvalue weighted by atomic mass is 9.94. The normalized spacial score (nSPS) is 12.9. The second-order valence-electron chi connectivity index (χ2n) is 9.65. The van der Waals surface area contributed by atoms with Crippen LogP contribution in [0, 0.1) is 30.9 Å². The van der Waals surface area contributed by atoms with Gasteiger partial charge in [0.05, 0.1) is 18.3 Å². The molecule has 0 aromatic heterocycles. The van der Waals surface area contributed by atoms with E-state index in [0.29, 0.717) is 18.8 Å². The number of anilines is 1. The van der Waals surface area contributed by atoms with Gasteiger partial charge in [-0.1, -0.05) is 59.2 Å². The SMILES string of the molecule is C=C(CC(OC(=O)CCC(C)C)C(C)CCCC)N(CC=O)c1ccc#cc1C.CNC(C)C(N)=O. The maximum atomic E-state index is 12.4. The quantitative estimate of drug-likeness (QED) is 0.250. The number of hydrogen-bond acceptors (Lipinski definition) is 6. The molecule has 3 unspecified atom stereocenters. The lowest BCUT2D eigenvalue weighted by molar-refractivity contribution is -0.152. The zero-order valence-corrected chi connectivity index (χ0v) is 23.4. The van der Waals surface area contributed by atoms with E-state index in [-0.39, 0.29) is 36.5 Å². The molecule has 7 nitrogen and oxygen atoms in total. The van der Waals surface area contributed by atoms with Crippen molar-refractivity contribution in [2.45, 2.75) is 92.2 Å². The molecule has 1 amide bonds. The van der Waals surface area contributed by atoms with Crippen LogP contribution in [0.5, 0.6) is 0 Å². The molecule has 0 fully saturated rings. The average molecular weight is 502 g/mol. The topological polar surface area (TPSA) is 102 Å². The Morgan fingerprint density at radius 3 is 2.39 bits per heavy atom. The molecule has 1 aromatic carbocycles. The third-order valence-electron chi connectivity index (χ3n) is 6.05. The number of ether oxygens (including phenoxy) is 1. The summed E-state index contributed by atoms with van der Waals surface area (Å²) in [4.78, 5) is 35.7. The van der Waals surface area contributed by atoms with Gasteiger partial charge in [-0.15, -0.1) is 0 Å². The summed E-state index contributed by atoms with van der Waals surface area (Å²) in [5.41, 5.74) is 7.40. The monoisotopic (exact) mass is 501 g/mol. The van der Waals surface area contributed by atoms with Gasteiger partial charge in [0.25, 0.3) is 0 Å². The van der Waals surface area contributed by atoms with Crippen molar-refractivity contribution >= 4 is 23.9 Å². The maximum Gasteiger partial charge on any atom is 0.306 e. The average Bonchev–Trinajstić information content (AvgIpc) is 2.84. The van der Waals surface area contributed by atoms with Gasteiger partial charge in [0.15, 0.2) is 0 Å². The molecule has 0 saturated carbocycles. The molecule has 7 heteroatoms. The molecule has 3 atom stereocenters. The van der Waals surface area contributed by atoms with Crippen LogP contribution in [-0.4, -0.2) is 43.9 Å². The van der Waals surface area contributed by atoms with Crippen LogP contribution in [0.25, 0.3) is 0 Å². The summed E-state index contributed by atoms with van der Waals surface area (Å²) >= 11 is 0. The highest BCUT2D eigenvalue weighted by Gasteiger charge is 2.25. The Kier molecular flexibility index (Phi) is 17.0. The second-order valence-corrected chi connectivity index (χ2v) is 9.65. The Morgan fingerprint density at radius 2 is 1.92 bits per heavy atom. The summed E-state index contributed by atoms with van der Waals surface area (Å²) in [6.07, 6.45) is 5.56. The molecule has 1 aromatic rings. The summed E-state index contributed by atoms with van der Waals surface area (Å²) in [6.45, 7) is 16.6. The third kappa shape index (κ3) is 13.3. The van der Waals surface area contributed by atoms with Crippen molar-refractivity contribution in [2.75, 3.05) is 18.5 Å². The summed E-state index contributed by atoms with van der Waals surface area (Å²) in [6, 6.07) is 9.45. The van der Waals surface area contributed by atoms with Gasteiger partial charge >= 0.3 is 5.97 Å². The first-order valence-corrected chi connectivity index (χ1v) is 12.9. The van der Waals surface area contributed by atoms with E-state index in [4.69, 9.17) is 10.5 Å². The number of rotatable bonds is 16. The summed E-state index contributed by atoms with van der Waals surface area (Å²) < 4.78 is 5.90. The number of nitrogens with one attached hydrogen (secondary N) is 1. The molecule has 1 rings (SSSR count). The van der Waals surface area contributed by atoms with E-state index in [1.54, 1.807) is 20.0 Å². The highest BCUT2D eigenvalue weighted by Crippen LogP contribution is 2.27. The van der Waals surface area contributed by atoms with Crippen molar-refractivity contribution in [1.82, 2.24) is 5.32 Å². The summed E-state index contributed by atoms with van der Waals surface area (Å²) in [5.74, 6) is 0.221. The Balaban J connectivity index is 0.00000152. The molecule has 202 valence electrons. The number of unbranched alkanes of at least 4 members (excludes halogenated alkanes) is 1. The Bertz CT molecular complexity index is 809. The van der Waals surface area contributed by atoms with E-state index in [9.17, 15) is 14.4 Å². The van der Waals surface area contributed by atoms with E-state index in [1.807, 2.05) is 17.9 Å². The van der Waals surface area contributed by atoms with E-state index in [1.165, 1.54) is 0 Å². The van der Waals surface area contributed by atoms with Gasteiger partial charge in [0, 0.05) is 24.1 Å². The van der Waals surface area contributed by atoms with Gasteiger partial charge < -0.3 is 25.5 Å². The van der Waals surface area contributed by atoms with Crippen molar-refractivity contribution < 1.29 is 19.1 Å². The largest absolute Gasteiger partial charge is 0.462 e. The molecule has 0 radical (unpaired) electrons. The minimum atomic E-state index is -0.317. The van der Waals surface area contributed by atoms with Crippen LogP contribution in [0.2, 0.25) is 0 Å². The number of nitrogens with zero attached hydrogens (tertiary/aromatic N) is 1. The third-order valence-corrected chi connectivity index (χ3v) is 6.05. The first kappa shape index (κ1) is 33.1. The summed E-state index contributed by atoms with van der Waals surface area (Å²) in [7, 11) is 1.69. The van der Waals surface area contributed by atoms with Gasteiger partial charge in [0.2, 0.25) is 5.91 Å². The standard InChI is InChI=1S/C25H37NO3.C4H10N2O/c1-7-8-11-21(5)24(29-25(28)15-14-19(2)3)18-22(6)26(16-17-27)23-13-10-9-12-20(23)4;1-3(6-2)4(5)7/h10,13,17,19,21,24H,6-8,11,14-16,18H2,1-5H3;3,6H,1-2H3,(H2,5,7). The number of carbonyl (C=O) groups excluding carboxylic acids is 3. The van der Waals surface area contributed by atoms with Crippen LogP contribution >= 0.6 is 0 Å². The lowest BCUT2D eigenvalue weighted by Crippen LogP contribution is -2.36. The molecule has 0 aliphatic heterocycles. The van der Waals surface area contributed by atoms with E-state index < -0.39 is 0 Å². The first-order chi connectivity index (χ1) is 17.0. The predicted octanol–water partition coefficient (Wildman–Crippen LogP) is 4.76. The minimum absolute atomic E-state index is 0.152. The van der Waals surface area contributed by atoms with Crippen LogP contribution in [0.15, 0.2) is 24.4 Å². The Labute approximate surface area is 218 Å². The zero-order valence-electron chi connectivity index (χ0n) is 23.4. The maximum absolute atomic E-state index is 12.4. The van der Waals surface area contributed by atoms with Crippen molar-refractivity contribution in [1.29, 1.82) is 0 Å². The number of amides is 1. The van der Waals surface area contributed by atoms with Crippen LogP contribution in [-0.2, 0) is 19.1 Å². The van der Waals surface area contributed by atoms with Crippen molar-refractivity contribution in [3.05, 3.63) is 42.1 Å². The Hall–Kier alpha value is -2.85. The van der Waals surface area contributed by atoms with E-state index in [2.05, 4.69) is 51.7 Å². The highest BCUT2D eigenvalue weighted by atomic mass is 16.5. The van der Waals surface area contributed by atoms with Crippen LogP contribution in [0.4, 0.5) is 5.69 Å².